The fourth-order valence-electron chi connectivity index (χ4n) is 6.45. The molecule has 0 amide bonds. The van der Waals surface area contributed by atoms with Crippen LogP contribution in [0.15, 0.2) is 0 Å². The van der Waals surface area contributed by atoms with Gasteiger partial charge in [-0.15, -0.1) is 0 Å². The number of nitrogens with two attached hydrogens (primary N) is 1. The Balaban J connectivity index is 0.000000383. The lowest BCUT2D eigenvalue weighted by Gasteiger charge is -2.55. The summed E-state index contributed by atoms with van der Waals surface area (Å²) in [7, 11) is 0. The molecule has 4 aliphatic rings. The summed E-state index contributed by atoms with van der Waals surface area (Å²) in [5.74, 6) is 2.24. The summed E-state index contributed by atoms with van der Waals surface area (Å²) >= 11 is 0. The molecule has 4 nitrogen and oxygen atoms in total. The molecule has 0 spiro atoms. The highest BCUT2D eigenvalue weighted by molar-refractivity contribution is 5.62. The first-order valence-corrected chi connectivity index (χ1v) is 10.1. The van der Waals surface area contributed by atoms with Crippen LogP contribution in [0, 0.1) is 17.8 Å². The SMILES string of the molecule is CC(=O)O.CC1C[C@@H]2CC(N3[C@@H]4CCC[C@H]3CC(N)C4)C[C@H](C1)C2. The Morgan fingerprint density at radius 3 is 1.92 bits per heavy atom. The van der Waals surface area contributed by atoms with Crippen molar-refractivity contribution < 1.29 is 9.90 Å². The maximum atomic E-state index is 9.00. The van der Waals surface area contributed by atoms with Gasteiger partial charge in [0, 0.05) is 31.1 Å². The van der Waals surface area contributed by atoms with Crippen molar-refractivity contribution in [2.75, 3.05) is 0 Å². The van der Waals surface area contributed by atoms with Crippen molar-refractivity contribution in [1.82, 2.24) is 4.90 Å². The van der Waals surface area contributed by atoms with Gasteiger partial charge in [-0.25, -0.2) is 0 Å². The zero-order valence-corrected chi connectivity index (χ0v) is 15.5. The van der Waals surface area contributed by atoms with Crippen molar-refractivity contribution in [2.24, 2.45) is 23.5 Å². The first kappa shape index (κ1) is 18.2. The molecule has 3 N–H and O–H groups in total. The molecule has 24 heavy (non-hydrogen) atoms. The topological polar surface area (TPSA) is 66.6 Å². The number of carboxylic acids is 1. The summed E-state index contributed by atoms with van der Waals surface area (Å²) in [5, 5.41) is 7.42. The average molecular weight is 337 g/mol. The van der Waals surface area contributed by atoms with Crippen molar-refractivity contribution in [3.8, 4) is 0 Å². The van der Waals surface area contributed by atoms with E-state index in [0.717, 1.165) is 42.8 Å². The lowest BCUT2D eigenvalue weighted by Crippen LogP contribution is -2.60. The number of hydrogen-bond donors (Lipinski definition) is 2. The molecule has 2 heterocycles. The van der Waals surface area contributed by atoms with Gasteiger partial charge >= 0.3 is 0 Å². The first-order valence-electron chi connectivity index (χ1n) is 10.1. The van der Waals surface area contributed by atoms with Gasteiger partial charge in [0.1, 0.15) is 0 Å². The van der Waals surface area contributed by atoms with Crippen molar-refractivity contribution in [2.45, 2.75) is 102 Å². The second-order valence-electron chi connectivity index (χ2n) is 9.11. The number of fused-ring (bicyclic) bond motifs is 4. The zero-order chi connectivity index (χ0) is 17.3. The molecule has 4 heteroatoms. The van der Waals surface area contributed by atoms with E-state index in [1.165, 1.54) is 57.8 Å². The summed E-state index contributed by atoms with van der Waals surface area (Å²) in [6, 6.07) is 3.07. The molecule has 2 aliphatic carbocycles. The highest BCUT2D eigenvalue weighted by Crippen LogP contribution is 2.47. The van der Waals surface area contributed by atoms with E-state index in [4.69, 9.17) is 15.6 Å². The standard InChI is InChI=1S/C18H32N2.C2H4O2/c1-12-5-13-7-14(6-12)9-18(8-13)20-16-3-2-4-17(20)11-15(19)10-16;1-2(3)4/h12-18H,2-11,19H2,1H3;1H3,(H,3,4)/t12?,13-,14+,15?,16-,17+,18?;. The predicted molar refractivity (Wildman–Crippen MR) is 96.8 cm³/mol. The zero-order valence-electron chi connectivity index (χ0n) is 15.5. The van der Waals surface area contributed by atoms with Gasteiger partial charge in [-0.2, -0.15) is 0 Å². The number of aliphatic carboxylic acids is 1. The van der Waals surface area contributed by atoms with Crippen LogP contribution in [0.5, 0.6) is 0 Å². The van der Waals surface area contributed by atoms with Crippen LogP contribution in [0.4, 0.5) is 0 Å². The molecule has 7 atom stereocenters. The minimum Gasteiger partial charge on any atom is -0.481 e. The van der Waals surface area contributed by atoms with Crippen LogP contribution in [-0.2, 0) is 4.79 Å². The fourth-order valence-corrected chi connectivity index (χ4v) is 6.45. The molecule has 0 aromatic heterocycles. The van der Waals surface area contributed by atoms with E-state index in [1.807, 2.05) is 0 Å². The van der Waals surface area contributed by atoms with E-state index < -0.39 is 5.97 Å². The Labute approximate surface area is 147 Å². The van der Waals surface area contributed by atoms with Gasteiger partial charge in [-0.1, -0.05) is 13.3 Å². The van der Waals surface area contributed by atoms with E-state index >= 15 is 0 Å². The lowest BCUT2D eigenvalue weighted by molar-refractivity contribution is -0.134. The van der Waals surface area contributed by atoms with Crippen LogP contribution in [-0.4, -0.2) is 40.1 Å². The molecule has 2 aliphatic heterocycles. The van der Waals surface area contributed by atoms with E-state index in [2.05, 4.69) is 11.8 Å². The van der Waals surface area contributed by atoms with Gasteiger partial charge in [-0.05, 0) is 75.5 Å². The molecule has 4 fully saturated rings. The molecule has 4 rings (SSSR count). The van der Waals surface area contributed by atoms with Crippen LogP contribution in [0.3, 0.4) is 0 Å². The molecule has 4 bridgehead atoms. The van der Waals surface area contributed by atoms with E-state index in [1.54, 1.807) is 6.42 Å². The van der Waals surface area contributed by atoms with E-state index in [9.17, 15) is 0 Å². The normalized spacial score (nSPS) is 45.0. The number of carboxylic acid groups (broad SMARTS) is 1. The second kappa shape index (κ2) is 7.74. The molecule has 0 aromatic rings. The highest BCUT2D eigenvalue weighted by Gasteiger charge is 2.44. The number of hydrogen-bond acceptors (Lipinski definition) is 3. The van der Waals surface area contributed by atoms with Crippen LogP contribution >= 0.6 is 0 Å². The van der Waals surface area contributed by atoms with Crippen LogP contribution in [0.1, 0.15) is 78.1 Å². The fraction of sp³-hybridized carbons (Fsp3) is 0.950. The number of nitrogens with zero attached hydrogens (tertiary/aromatic N) is 1. The maximum Gasteiger partial charge on any atom is 0.300 e. The smallest absolute Gasteiger partial charge is 0.300 e. The Bertz CT molecular complexity index is 405. The predicted octanol–water partition coefficient (Wildman–Crippen LogP) is 3.64. The molecule has 3 unspecified atom stereocenters. The summed E-state index contributed by atoms with van der Waals surface area (Å²) in [4.78, 5) is 12.0. The van der Waals surface area contributed by atoms with E-state index in [0.29, 0.717) is 6.04 Å². The summed E-state index contributed by atoms with van der Waals surface area (Å²) in [5.41, 5.74) is 6.30. The third-order valence-corrected chi connectivity index (χ3v) is 6.84. The van der Waals surface area contributed by atoms with Gasteiger partial charge in [0.05, 0.1) is 0 Å². The largest absolute Gasteiger partial charge is 0.481 e. The lowest BCUT2D eigenvalue weighted by atomic mass is 9.65. The maximum absolute atomic E-state index is 9.00. The Kier molecular flexibility index (Phi) is 5.86. The quantitative estimate of drug-likeness (QED) is 0.767. The molecular formula is C20H36N2O2. The molecule has 138 valence electrons. The highest BCUT2D eigenvalue weighted by atomic mass is 16.4. The minimum atomic E-state index is -0.833. The Morgan fingerprint density at radius 1 is 0.917 bits per heavy atom. The van der Waals surface area contributed by atoms with Crippen molar-refractivity contribution in [3.63, 3.8) is 0 Å². The first-order chi connectivity index (χ1) is 11.4. The monoisotopic (exact) mass is 336 g/mol. The van der Waals surface area contributed by atoms with E-state index in [-0.39, 0.29) is 0 Å². The van der Waals surface area contributed by atoms with Gasteiger partial charge in [0.2, 0.25) is 0 Å². The Hall–Kier alpha value is -0.610. The van der Waals surface area contributed by atoms with Gasteiger partial charge < -0.3 is 10.8 Å². The third-order valence-electron chi connectivity index (χ3n) is 6.84. The summed E-state index contributed by atoms with van der Waals surface area (Å²) in [6.45, 7) is 3.56. The van der Waals surface area contributed by atoms with Crippen molar-refractivity contribution in [3.05, 3.63) is 0 Å². The third kappa shape index (κ3) is 4.32. The van der Waals surface area contributed by atoms with Gasteiger partial charge in [0.25, 0.3) is 5.97 Å². The number of piperidine rings is 2. The van der Waals surface area contributed by atoms with Gasteiger partial charge in [0.15, 0.2) is 0 Å². The van der Waals surface area contributed by atoms with Crippen LogP contribution in [0.2, 0.25) is 0 Å². The molecule has 0 aromatic carbocycles. The minimum absolute atomic E-state index is 0.490. The molecule has 2 saturated heterocycles. The molecule has 0 radical (unpaired) electrons. The Morgan fingerprint density at radius 2 is 1.42 bits per heavy atom. The number of carbonyl (C=O) groups is 1. The number of rotatable bonds is 1. The van der Waals surface area contributed by atoms with Crippen LogP contribution < -0.4 is 5.73 Å². The van der Waals surface area contributed by atoms with Gasteiger partial charge in [-0.3, -0.25) is 9.69 Å². The van der Waals surface area contributed by atoms with Crippen molar-refractivity contribution >= 4 is 5.97 Å². The second-order valence-corrected chi connectivity index (χ2v) is 9.11. The molecule has 2 saturated carbocycles. The summed E-state index contributed by atoms with van der Waals surface area (Å²) in [6.07, 6.45) is 14.4. The molecular weight excluding hydrogens is 300 g/mol. The average Bonchev–Trinajstić information content (AvgIpc) is 2.44. The van der Waals surface area contributed by atoms with Crippen LogP contribution in [0.25, 0.3) is 0 Å². The van der Waals surface area contributed by atoms with Crippen molar-refractivity contribution in [1.29, 1.82) is 0 Å². The summed E-state index contributed by atoms with van der Waals surface area (Å²) < 4.78 is 0.